The van der Waals surface area contributed by atoms with Crippen LogP contribution in [0.5, 0.6) is 11.5 Å². The second-order valence-electron chi connectivity index (χ2n) is 9.14. The Kier molecular flexibility index (Phi) is 9.50. The minimum absolute atomic E-state index is 0.0862. The SMILES string of the molecule is CCCCCCc1ccc(-c2ccc(C(=O)Oc3ccc(C(=O)Oc4ccc(C#N)cc4)c(Cl)c3)cc2)cc1. The molecule has 4 aromatic carbocycles. The Labute approximate surface area is 233 Å². The van der Waals surface area contributed by atoms with Crippen LogP contribution in [0.1, 0.15) is 64.4 Å². The monoisotopic (exact) mass is 537 g/mol. The molecule has 0 aliphatic carbocycles. The van der Waals surface area contributed by atoms with Crippen LogP contribution in [0, 0.1) is 11.3 Å². The van der Waals surface area contributed by atoms with Crippen LogP contribution in [0.4, 0.5) is 0 Å². The van der Waals surface area contributed by atoms with Crippen molar-refractivity contribution in [2.45, 2.75) is 39.0 Å². The van der Waals surface area contributed by atoms with Gasteiger partial charge in [-0.2, -0.15) is 5.26 Å². The largest absolute Gasteiger partial charge is 0.423 e. The van der Waals surface area contributed by atoms with Crippen molar-refractivity contribution in [3.63, 3.8) is 0 Å². The van der Waals surface area contributed by atoms with Gasteiger partial charge in [-0.25, -0.2) is 9.59 Å². The van der Waals surface area contributed by atoms with Crippen molar-refractivity contribution in [3.05, 3.63) is 118 Å². The highest BCUT2D eigenvalue weighted by Crippen LogP contribution is 2.26. The van der Waals surface area contributed by atoms with Crippen LogP contribution < -0.4 is 9.47 Å². The van der Waals surface area contributed by atoms with Crippen molar-refractivity contribution in [1.82, 2.24) is 0 Å². The number of carbonyl (C=O) groups is 2. The summed E-state index contributed by atoms with van der Waals surface area (Å²) < 4.78 is 10.8. The van der Waals surface area contributed by atoms with Crippen molar-refractivity contribution < 1.29 is 19.1 Å². The van der Waals surface area contributed by atoms with E-state index < -0.39 is 11.9 Å². The fourth-order valence-corrected chi connectivity index (χ4v) is 4.32. The summed E-state index contributed by atoms with van der Waals surface area (Å²) >= 11 is 6.27. The molecule has 0 atom stereocenters. The van der Waals surface area contributed by atoms with Crippen molar-refractivity contribution in [2.24, 2.45) is 0 Å². The number of halogens is 1. The molecule has 0 radical (unpaired) electrons. The molecule has 0 N–H and O–H groups in total. The molecule has 0 amide bonds. The minimum atomic E-state index is -0.664. The predicted octanol–water partition coefficient (Wildman–Crippen LogP) is 8.44. The van der Waals surface area contributed by atoms with Gasteiger partial charge in [-0.15, -0.1) is 0 Å². The summed E-state index contributed by atoms with van der Waals surface area (Å²) in [6.45, 7) is 2.22. The Morgan fingerprint density at radius 1 is 0.744 bits per heavy atom. The molecule has 0 spiro atoms. The number of aryl methyl sites for hydroxylation is 1. The van der Waals surface area contributed by atoms with E-state index in [2.05, 4.69) is 31.2 Å². The van der Waals surface area contributed by atoms with Crippen LogP contribution in [-0.2, 0) is 6.42 Å². The number of nitrogens with zero attached hydrogens (tertiary/aromatic N) is 1. The van der Waals surface area contributed by atoms with E-state index in [1.807, 2.05) is 18.2 Å². The smallest absolute Gasteiger partial charge is 0.345 e. The van der Waals surface area contributed by atoms with Crippen LogP contribution in [0.3, 0.4) is 0 Å². The van der Waals surface area contributed by atoms with Gasteiger partial charge < -0.3 is 9.47 Å². The molecule has 0 saturated heterocycles. The van der Waals surface area contributed by atoms with E-state index in [1.54, 1.807) is 24.3 Å². The molecule has 0 fully saturated rings. The van der Waals surface area contributed by atoms with Gasteiger partial charge in [-0.05, 0) is 78.1 Å². The lowest BCUT2D eigenvalue weighted by Gasteiger charge is -2.09. The van der Waals surface area contributed by atoms with Gasteiger partial charge in [0.1, 0.15) is 11.5 Å². The summed E-state index contributed by atoms with van der Waals surface area (Å²) in [5, 5.41) is 8.96. The van der Waals surface area contributed by atoms with Gasteiger partial charge in [0.2, 0.25) is 0 Å². The quantitative estimate of drug-likeness (QED) is 0.115. The molecule has 4 aromatic rings. The summed E-state index contributed by atoms with van der Waals surface area (Å²) in [6, 6.07) is 28.2. The summed E-state index contributed by atoms with van der Waals surface area (Å²) in [6.07, 6.45) is 6.08. The van der Waals surface area contributed by atoms with Gasteiger partial charge in [-0.1, -0.05) is 74.2 Å². The average Bonchev–Trinajstić information content (AvgIpc) is 2.96. The molecule has 0 unspecified atom stereocenters. The molecule has 0 saturated carbocycles. The van der Waals surface area contributed by atoms with Crippen LogP contribution in [0.25, 0.3) is 11.1 Å². The van der Waals surface area contributed by atoms with Gasteiger partial charge in [-0.3, -0.25) is 0 Å². The van der Waals surface area contributed by atoms with Crippen molar-refractivity contribution in [1.29, 1.82) is 5.26 Å². The van der Waals surface area contributed by atoms with Gasteiger partial charge in [0.05, 0.1) is 27.8 Å². The number of hydrogen-bond acceptors (Lipinski definition) is 5. The molecule has 6 heteroatoms. The fraction of sp³-hybridized carbons (Fsp3) is 0.182. The third kappa shape index (κ3) is 7.56. The molecule has 0 aliphatic rings. The summed E-state index contributed by atoms with van der Waals surface area (Å²) in [5.41, 5.74) is 4.40. The summed E-state index contributed by atoms with van der Waals surface area (Å²) in [7, 11) is 0. The Morgan fingerprint density at radius 2 is 1.36 bits per heavy atom. The molecule has 4 rings (SSSR count). The molecular weight excluding hydrogens is 510 g/mol. The van der Waals surface area contributed by atoms with Crippen LogP contribution in [0.15, 0.2) is 91.0 Å². The molecule has 0 aromatic heterocycles. The van der Waals surface area contributed by atoms with E-state index in [0.717, 1.165) is 17.5 Å². The Hall–Kier alpha value is -4.40. The third-order valence-corrected chi connectivity index (χ3v) is 6.60. The fourth-order valence-electron chi connectivity index (χ4n) is 4.07. The zero-order valence-corrected chi connectivity index (χ0v) is 22.4. The lowest BCUT2D eigenvalue weighted by molar-refractivity contribution is 0.0730. The van der Waals surface area contributed by atoms with Crippen molar-refractivity contribution >= 4 is 23.5 Å². The molecule has 0 bridgehead atoms. The second-order valence-corrected chi connectivity index (χ2v) is 9.55. The summed E-state index contributed by atoms with van der Waals surface area (Å²) in [4.78, 5) is 25.2. The first-order valence-corrected chi connectivity index (χ1v) is 13.3. The number of esters is 2. The topological polar surface area (TPSA) is 76.4 Å². The lowest BCUT2D eigenvalue weighted by Crippen LogP contribution is -2.11. The van der Waals surface area contributed by atoms with Crippen LogP contribution >= 0.6 is 11.6 Å². The van der Waals surface area contributed by atoms with Crippen molar-refractivity contribution in [3.8, 4) is 28.7 Å². The maximum atomic E-state index is 12.7. The minimum Gasteiger partial charge on any atom is -0.423 e. The number of ether oxygens (including phenoxy) is 2. The second kappa shape index (κ2) is 13.4. The molecule has 5 nitrogen and oxygen atoms in total. The maximum absolute atomic E-state index is 12.7. The number of nitriles is 1. The number of carbonyl (C=O) groups excluding carboxylic acids is 2. The predicted molar refractivity (Wildman–Crippen MR) is 152 cm³/mol. The highest BCUT2D eigenvalue weighted by molar-refractivity contribution is 6.33. The average molecular weight is 538 g/mol. The zero-order chi connectivity index (χ0) is 27.6. The normalized spacial score (nSPS) is 10.5. The van der Waals surface area contributed by atoms with E-state index in [0.29, 0.717) is 11.1 Å². The number of hydrogen-bond donors (Lipinski definition) is 0. The van der Waals surface area contributed by atoms with Crippen LogP contribution in [0.2, 0.25) is 5.02 Å². The Balaban J connectivity index is 1.35. The zero-order valence-electron chi connectivity index (χ0n) is 21.7. The van der Waals surface area contributed by atoms with E-state index in [9.17, 15) is 9.59 Å². The van der Waals surface area contributed by atoms with E-state index in [1.165, 1.54) is 61.6 Å². The lowest BCUT2D eigenvalue weighted by atomic mass is 10.0. The number of unbranched alkanes of at least 4 members (excludes halogenated alkanes) is 3. The van der Waals surface area contributed by atoms with E-state index in [4.69, 9.17) is 26.3 Å². The van der Waals surface area contributed by atoms with Crippen LogP contribution in [-0.4, -0.2) is 11.9 Å². The molecule has 0 aliphatic heterocycles. The van der Waals surface area contributed by atoms with Gasteiger partial charge >= 0.3 is 11.9 Å². The van der Waals surface area contributed by atoms with Gasteiger partial charge in [0.15, 0.2) is 0 Å². The first-order chi connectivity index (χ1) is 19.0. The Bertz CT molecular complexity index is 1470. The molecule has 0 heterocycles. The molecular formula is C33H28ClNO4. The first-order valence-electron chi connectivity index (χ1n) is 12.9. The third-order valence-electron chi connectivity index (χ3n) is 6.29. The molecule has 196 valence electrons. The van der Waals surface area contributed by atoms with Gasteiger partial charge in [0, 0.05) is 6.07 Å². The van der Waals surface area contributed by atoms with E-state index >= 15 is 0 Å². The Morgan fingerprint density at radius 3 is 1.97 bits per heavy atom. The standard InChI is InChI=1S/C33H28ClNO4/c1-2-3-4-5-6-23-7-11-25(12-8-23)26-13-15-27(16-14-26)32(36)39-29-19-20-30(31(34)21-29)33(37)38-28-17-9-24(22-35)10-18-28/h7-21H,2-6H2,1H3. The van der Waals surface area contributed by atoms with Crippen molar-refractivity contribution in [2.75, 3.05) is 0 Å². The van der Waals surface area contributed by atoms with E-state index in [-0.39, 0.29) is 22.1 Å². The molecule has 39 heavy (non-hydrogen) atoms. The highest BCUT2D eigenvalue weighted by Gasteiger charge is 2.16. The van der Waals surface area contributed by atoms with Gasteiger partial charge in [0.25, 0.3) is 0 Å². The first kappa shape index (κ1) is 27.6. The summed E-state index contributed by atoms with van der Waals surface area (Å²) in [5.74, 6) is -0.707. The maximum Gasteiger partial charge on any atom is 0.345 e. The number of benzene rings is 4. The highest BCUT2D eigenvalue weighted by atomic mass is 35.5. The number of rotatable bonds is 10.